The minimum Gasteiger partial charge on any atom is -0.465 e. The molecule has 6 heteroatoms. The average molecular weight is 293 g/mol. The molecule has 0 atom stereocenters. The summed E-state index contributed by atoms with van der Waals surface area (Å²) >= 11 is 0. The number of carbonyl (C=O) groups is 1. The molecule has 0 spiro atoms. The van der Waals surface area contributed by atoms with Crippen molar-refractivity contribution in [3.05, 3.63) is 42.5 Å². The summed E-state index contributed by atoms with van der Waals surface area (Å²) in [6.07, 6.45) is 0. The molecule has 0 fully saturated rings. The first-order valence-electron chi connectivity index (χ1n) is 6.17. The minimum atomic E-state index is -3.75. The van der Waals surface area contributed by atoms with Gasteiger partial charge in [-0.05, 0) is 18.4 Å². The van der Waals surface area contributed by atoms with Gasteiger partial charge in [-0.25, -0.2) is 8.42 Å². The summed E-state index contributed by atoms with van der Waals surface area (Å²) in [7, 11) is -3.75. The predicted octanol–water partition coefficient (Wildman–Crippen LogP) is 1.68. The zero-order chi connectivity index (χ0) is 14.6. The SMILES string of the molecule is CCOC(=O)CNS(=O)(=O)c1cccc2ccccc12. The van der Waals surface area contributed by atoms with E-state index in [2.05, 4.69) is 4.72 Å². The largest absolute Gasteiger partial charge is 0.465 e. The van der Waals surface area contributed by atoms with Crippen molar-refractivity contribution in [2.45, 2.75) is 11.8 Å². The third-order valence-electron chi connectivity index (χ3n) is 2.75. The van der Waals surface area contributed by atoms with Gasteiger partial charge < -0.3 is 4.74 Å². The van der Waals surface area contributed by atoms with E-state index in [1.54, 1.807) is 25.1 Å². The van der Waals surface area contributed by atoms with Gasteiger partial charge in [0.05, 0.1) is 11.5 Å². The Bertz CT molecular complexity index is 720. The van der Waals surface area contributed by atoms with E-state index in [1.165, 1.54) is 6.07 Å². The summed E-state index contributed by atoms with van der Waals surface area (Å²) in [5.41, 5.74) is 0. The number of nitrogens with one attached hydrogen (secondary N) is 1. The van der Waals surface area contributed by atoms with Crippen molar-refractivity contribution in [1.82, 2.24) is 4.72 Å². The highest BCUT2D eigenvalue weighted by Crippen LogP contribution is 2.22. The maximum absolute atomic E-state index is 12.2. The molecule has 0 saturated carbocycles. The van der Waals surface area contributed by atoms with Crippen LogP contribution in [-0.2, 0) is 19.6 Å². The van der Waals surface area contributed by atoms with Gasteiger partial charge in [-0.2, -0.15) is 4.72 Å². The quantitative estimate of drug-likeness (QED) is 0.851. The van der Waals surface area contributed by atoms with Crippen LogP contribution in [0.1, 0.15) is 6.92 Å². The molecular weight excluding hydrogens is 278 g/mol. The molecule has 1 N–H and O–H groups in total. The number of sulfonamides is 1. The highest BCUT2D eigenvalue weighted by atomic mass is 32.2. The van der Waals surface area contributed by atoms with E-state index >= 15 is 0 Å². The van der Waals surface area contributed by atoms with Crippen LogP contribution in [0.25, 0.3) is 10.8 Å². The second-order valence-corrected chi connectivity index (χ2v) is 5.84. The first kappa shape index (κ1) is 14.5. The highest BCUT2D eigenvalue weighted by molar-refractivity contribution is 7.89. The smallest absolute Gasteiger partial charge is 0.321 e. The molecule has 2 aromatic rings. The Morgan fingerprint density at radius 1 is 1.15 bits per heavy atom. The van der Waals surface area contributed by atoms with Crippen LogP contribution < -0.4 is 4.72 Å². The van der Waals surface area contributed by atoms with Gasteiger partial charge in [0.1, 0.15) is 6.54 Å². The number of esters is 1. The van der Waals surface area contributed by atoms with Gasteiger partial charge in [-0.3, -0.25) is 4.79 Å². The topological polar surface area (TPSA) is 72.5 Å². The van der Waals surface area contributed by atoms with E-state index in [-0.39, 0.29) is 18.0 Å². The van der Waals surface area contributed by atoms with Crippen molar-refractivity contribution in [2.24, 2.45) is 0 Å². The Morgan fingerprint density at radius 3 is 2.60 bits per heavy atom. The number of fused-ring (bicyclic) bond motifs is 1. The molecule has 0 aliphatic carbocycles. The summed E-state index contributed by atoms with van der Waals surface area (Å²) in [6.45, 7) is 1.51. The molecule has 0 radical (unpaired) electrons. The van der Waals surface area contributed by atoms with Crippen LogP contribution in [0, 0.1) is 0 Å². The van der Waals surface area contributed by atoms with E-state index in [4.69, 9.17) is 4.74 Å². The van der Waals surface area contributed by atoms with Crippen LogP contribution in [0.2, 0.25) is 0 Å². The lowest BCUT2D eigenvalue weighted by Crippen LogP contribution is -2.30. The average Bonchev–Trinajstić information content (AvgIpc) is 2.45. The van der Waals surface area contributed by atoms with Gasteiger partial charge in [0.2, 0.25) is 10.0 Å². The molecule has 0 aromatic heterocycles. The Balaban J connectivity index is 2.30. The van der Waals surface area contributed by atoms with Crippen LogP contribution in [-0.4, -0.2) is 27.5 Å². The summed E-state index contributed by atoms with van der Waals surface area (Å²) < 4.78 is 31.4. The van der Waals surface area contributed by atoms with Crippen molar-refractivity contribution in [1.29, 1.82) is 0 Å². The summed E-state index contributed by atoms with van der Waals surface area (Å²) in [6, 6.07) is 12.2. The molecule has 2 aromatic carbocycles. The number of carbonyl (C=O) groups excluding carboxylic acids is 1. The monoisotopic (exact) mass is 293 g/mol. The summed E-state index contributed by atoms with van der Waals surface area (Å²) in [5, 5.41) is 1.44. The molecule has 106 valence electrons. The molecule has 20 heavy (non-hydrogen) atoms. The zero-order valence-electron chi connectivity index (χ0n) is 11.0. The van der Waals surface area contributed by atoms with Crippen LogP contribution in [0.15, 0.2) is 47.4 Å². The fraction of sp³-hybridized carbons (Fsp3) is 0.214. The minimum absolute atomic E-state index is 0.153. The zero-order valence-corrected chi connectivity index (χ0v) is 11.8. The van der Waals surface area contributed by atoms with E-state index < -0.39 is 16.0 Å². The Labute approximate surface area is 117 Å². The second-order valence-electron chi connectivity index (χ2n) is 4.11. The lowest BCUT2D eigenvalue weighted by atomic mass is 10.1. The molecule has 0 unspecified atom stereocenters. The van der Waals surface area contributed by atoms with Crippen LogP contribution >= 0.6 is 0 Å². The van der Waals surface area contributed by atoms with Gasteiger partial charge in [0.25, 0.3) is 0 Å². The van der Waals surface area contributed by atoms with E-state index in [1.807, 2.05) is 18.2 Å². The fourth-order valence-corrected chi connectivity index (χ4v) is 3.07. The Hall–Kier alpha value is -1.92. The van der Waals surface area contributed by atoms with E-state index in [0.29, 0.717) is 5.39 Å². The third kappa shape index (κ3) is 3.15. The lowest BCUT2D eigenvalue weighted by Gasteiger charge is -2.09. The Morgan fingerprint density at radius 2 is 1.85 bits per heavy atom. The molecule has 0 aliphatic heterocycles. The molecule has 0 heterocycles. The maximum Gasteiger partial charge on any atom is 0.321 e. The summed E-state index contributed by atoms with van der Waals surface area (Å²) in [5.74, 6) is -0.601. The molecular formula is C14H15NO4S. The molecule has 0 bridgehead atoms. The normalized spacial score (nSPS) is 11.4. The Kier molecular flexibility index (Phi) is 4.36. The van der Waals surface area contributed by atoms with Crippen LogP contribution in [0.4, 0.5) is 0 Å². The van der Waals surface area contributed by atoms with Crippen LogP contribution in [0.3, 0.4) is 0 Å². The van der Waals surface area contributed by atoms with Crippen molar-refractivity contribution in [3.63, 3.8) is 0 Å². The predicted molar refractivity (Wildman–Crippen MR) is 75.8 cm³/mol. The lowest BCUT2D eigenvalue weighted by molar-refractivity contribution is -0.141. The van der Waals surface area contributed by atoms with E-state index in [9.17, 15) is 13.2 Å². The number of hydrogen-bond acceptors (Lipinski definition) is 4. The van der Waals surface area contributed by atoms with Crippen molar-refractivity contribution >= 4 is 26.8 Å². The first-order chi connectivity index (χ1) is 9.54. The number of hydrogen-bond donors (Lipinski definition) is 1. The van der Waals surface area contributed by atoms with Crippen molar-refractivity contribution < 1.29 is 17.9 Å². The van der Waals surface area contributed by atoms with E-state index in [0.717, 1.165) is 5.39 Å². The molecule has 2 rings (SSSR count). The fourth-order valence-electron chi connectivity index (χ4n) is 1.87. The molecule has 0 saturated heterocycles. The highest BCUT2D eigenvalue weighted by Gasteiger charge is 2.18. The van der Waals surface area contributed by atoms with Crippen molar-refractivity contribution in [2.75, 3.05) is 13.2 Å². The number of benzene rings is 2. The third-order valence-corrected chi connectivity index (χ3v) is 4.21. The van der Waals surface area contributed by atoms with Crippen molar-refractivity contribution in [3.8, 4) is 0 Å². The summed E-state index contributed by atoms with van der Waals surface area (Å²) in [4.78, 5) is 11.4. The van der Waals surface area contributed by atoms with Gasteiger partial charge in [-0.15, -0.1) is 0 Å². The van der Waals surface area contributed by atoms with Crippen LogP contribution in [0.5, 0.6) is 0 Å². The van der Waals surface area contributed by atoms with Gasteiger partial charge in [0, 0.05) is 5.39 Å². The maximum atomic E-state index is 12.2. The van der Waals surface area contributed by atoms with Gasteiger partial charge >= 0.3 is 5.97 Å². The standard InChI is InChI=1S/C14H15NO4S/c1-2-19-14(16)10-15-20(17,18)13-9-5-7-11-6-3-4-8-12(11)13/h3-9,15H,2,10H2,1H3. The molecule has 0 aliphatic rings. The number of rotatable bonds is 5. The number of ether oxygens (including phenoxy) is 1. The second kappa shape index (κ2) is 6.02. The first-order valence-corrected chi connectivity index (χ1v) is 7.66. The van der Waals surface area contributed by atoms with Gasteiger partial charge in [0.15, 0.2) is 0 Å². The molecule has 0 amide bonds. The van der Waals surface area contributed by atoms with Gasteiger partial charge in [-0.1, -0.05) is 36.4 Å². The molecule has 5 nitrogen and oxygen atoms in total.